The van der Waals surface area contributed by atoms with Gasteiger partial charge in [0.15, 0.2) is 0 Å². The highest BCUT2D eigenvalue weighted by molar-refractivity contribution is 7.09. The van der Waals surface area contributed by atoms with Crippen LogP contribution >= 0.6 is 11.3 Å². The van der Waals surface area contributed by atoms with Gasteiger partial charge in [-0.2, -0.15) is 5.10 Å². The zero-order valence-electron chi connectivity index (χ0n) is 15.0. The highest BCUT2D eigenvalue weighted by atomic mass is 32.1. The minimum Gasteiger partial charge on any atom is -0.342 e. The molecular weight excluding hydrogens is 320 g/mol. The van der Waals surface area contributed by atoms with Crippen LogP contribution < -0.4 is 0 Å². The highest BCUT2D eigenvalue weighted by Crippen LogP contribution is 2.30. The van der Waals surface area contributed by atoms with E-state index in [0.29, 0.717) is 12.3 Å². The van der Waals surface area contributed by atoms with Gasteiger partial charge in [0.25, 0.3) is 0 Å². The van der Waals surface area contributed by atoms with E-state index in [1.165, 1.54) is 10.7 Å². The lowest BCUT2D eigenvalue weighted by Crippen LogP contribution is -2.40. The van der Waals surface area contributed by atoms with E-state index in [4.69, 9.17) is 4.98 Å². The zero-order valence-corrected chi connectivity index (χ0v) is 15.8. The standard InChI is InChI=1S/C18H26N4OS/c1-5-15-11-24-18(19-15)14-7-6-8-22(10-14)17(23)9-16-12(2)20-21(4)13(16)3/h11,14H,5-10H2,1-4H3. The van der Waals surface area contributed by atoms with Gasteiger partial charge in [0, 0.05) is 42.7 Å². The van der Waals surface area contributed by atoms with Gasteiger partial charge in [-0.15, -0.1) is 11.3 Å². The molecule has 6 heteroatoms. The molecule has 0 spiro atoms. The number of likely N-dealkylation sites (tertiary alicyclic amines) is 1. The van der Waals surface area contributed by atoms with Crippen LogP contribution in [0, 0.1) is 13.8 Å². The molecule has 5 nitrogen and oxygen atoms in total. The Morgan fingerprint density at radius 1 is 1.42 bits per heavy atom. The molecular formula is C18H26N4OS. The number of hydrogen-bond acceptors (Lipinski definition) is 4. The average Bonchev–Trinajstić information content (AvgIpc) is 3.15. The van der Waals surface area contributed by atoms with Crippen LogP contribution in [-0.2, 0) is 24.7 Å². The van der Waals surface area contributed by atoms with Gasteiger partial charge in [0.2, 0.25) is 5.91 Å². The molecule has 1 aliphatic rings. The van der Waals surface area contributed by atoms with Crippen LogP contribution in [0.15, 0.2) is 5.38 Å². The second kappa shape index (κ2) is 7.05. The highest BCUT2D eigenvalue weighted by Gasteiger charge is 2.27. The smallest absolute Gasteiger partial charge is 0.227 e. The predicted molar refractivity (Wildman–Crippen MR) is 96.4 cm³/mol. The molecule has 1 fully saturated rings. The second-order valence-electron chi connectivity index (χ2n) is 6.66. The number of nitrogens with zero attached hydrogens (tertiary/aromatic N) is 4. The molecule has 1 aliphatic heterocycles. The number of thiazole rings is 1. The summed E-state index contributed by atoms with van der Waals surface area (Å²) in [4.78, 5) is 19.5. The Morgan fingerprint density at radius 3 is 2.83 bits per heavy atom. The van der Waals surface area contributed by atoms with Gasteiger partial charge in [-0.3, -0.25) is 9.48 Å². The normalized spacial score (nSPS) is 18.2. The molecule has 3 heterocycles. The average molecular weight is 347 g/mol. The molecule has 130 valence electrons. The van der Waals surface area contributed by atoms with E-state index in [2.05, 4.69) is 17.4 Å². The topological polar surface area (TPSA) is 51.0 Å². The molecule has 0 radical (unpaired) electrons. The molecule has 0 bridgehead atoms. The Balaban J connectivity index is 1.68. The third kappa shape index (κ3) is 3.38. The van der Waals surface area contributed by atoms with Gasteiger partial charge >= 0.3 is 0 Å². The van der Waals surface area contributed by atoms with Crippen molar-refractivity contribution >= 4 is 17.2 Å². The fourth-order valence-electron chi connectivity index (χ4n) is 3.41. The van der Waals surface area contributed by atoms with E-state index in [9.17, 15) is 4.79 Å². The van der Waals surface area contributed by atoms with Crippen molar-refractivity contribution < 1.29 is 4.79 Å². The maximum Gasteiger partial charge on any atom is 0.227 e. The van der Waals surface area contributed by atoms with E-state index >= 15 is 0 Å². The molecule has 0 N–H and O–H groups in total. The maximum atomic E-state index is 12.8. The Bertz CT molecular complexity index is 733. The summed E-state index contributed by atoms with van der Waals surface area (Å²) in [5.41, 5.74) is 4.29. The number of piperidine rings is 1. The van der Waals surface area contributed by atoms with E-state index < -0.39 is 0 Å². The van der Waals surface area contributed by atoms with Crippen molar-refractivity contribution in [1.29, 1.82) is 0 Å². The lowest BCUT2D eigenvalue weighted by atomic mass is 9.98. The van der Waals surface area contributed by atoms with E-state index in [-0.39, 0.29) is 5.91 Å². The van der Waals surface area contributed by atoms with Crippen molar-refractivity contribution in [3.63, 3.8) is 0 Å². The Morgan fingerprint density at radius 2 is 2.21 bits per heavy atom. The molecule has 2 aromatic rings. The van der Waals surface area contributed by atoms with Gasteiger partial charge in [0.1, 0.15) is 0 Å². The summed E-state index contributed by atoms with van der Waals surface area (Å²) < 4.78 is 1.86. The summed E-state index contributed by atoms with van der Waals surface area (Å²) in [6, 6.07) is 0. The minimum absolute atomic E-state index is 0.214. The third-order valence-corrected chi connectivity index (χ3v) is 6.10. The fraction of sp³-hybridized carbons (Fsp3) is 0.611. The number of carbonyl (C=O) groups excluding carboxylic acids is 1. The van der Waals surface area contributed by atoms with Crippen LogP contribution in [0.2, 0.25) is 0 Å². The molecule has 24 heavy (non-hydrogen) atoms. The largest absolute Gasteiger partial charge is 0.342 e. The molecule has 0 saturated carbocycles. The summed E-state index contributed by atoms with van der Waals surface area (Å²) in [6.45, 7) is 7.81. The molecule has 3 rings (SSSR count). The molecule has 1 saturated heterocycles. The van der Waals surface area contributed by atoms with E-state index in [1.807, 2.05) is 30.5 Å². The van der Waals surface area contributed by atoms with Gasteiger partial charge in [0.05, 0.1) is 22.8 Å². The van der Waals surface area contributed by atoms with Crippen LogP contribution in [0.3, 0.4) is 0 Å². The summed E-state index contributed by atoms with van der Waals surface area (Å²) in [6.07, 6.45) is 3.62. The summed E-state index contributed by atoms with van der Waals surface area (Å²) in [5, 5.41) is 7.76. The number of carbonyl (C=O) groups is 1. The first-order valence-corrected chi connectivity index (χ1v) is 9.58. The molecule has 1 amide bonds. The van der Waals surface area contributed by atoms with Crippen molar-refractivity contribution in [1.82, 2.24) is 19.7 Å². The number of amides is 1. The number of rotatable bonds is 4. The van der Waals surface area contributed by atoms with Crippen molar-refractivity contribution in [3.05, 3.63) is 33.0 Å². The molecule has 0 aromatic carbocycles. The fourth-order valence-corrected chi connectivity index (χ4v) is 4.45. The first-order valence-electron chi connectivity index (χ1n) is 8.70. The van der Waals surface area contributed by atoms with Crippen molar-refractivity contribution in [2.24, 2.45) is 7.05 Å². The zero-order chi connectivity index (χ0) is 17.3. The van der Waals surface area contributed by atoms with Crippen LogP contribution in [0.25, 0.3) is 0 Å². The van der Waals surface area contributed by atoms with Gasteiger partial charge in [-0.05, 0) is 33.1 Å². The van der Waals surface area contributed by atoms with Gasteiger partial charge in [-0.25, -0.2) is 4.98 Å². The first kappa shape index (κ1) is 17.1. The van der Waals surface area contributed by atoms with Crippen LogP contribution in [0.5, 0.6) is 0 Å². The van der Waals surface area contributed by atoms with Crippen molar-refractivity contribution in [3.8, 4) is 0 Å². The SMILES string of the molecule is CCc1csc(C2CCCN(C(=O)Cc3c(C)nn(C)c3C)C2)n1. The van der Waals surface area contributed by atoms with Crippen LogP contribution in [0.4, 0.5) is 0 Å². The molecule has 1 unspecified atom stereocenters. The Labute approximate surface area is 147 Å². The lowest BCUT2D eigenvalue weighted by Gasteiger charge is -2.32. The van der Waals surface area contributed by atoms with Crippen LogP contribution in [0.1, 0.15) is 53.3 Å². The monoisotopic (exact) mass is 346 g/mol. The summed E-state index contributed by atoms with van der Waals surface area (Å²) >= 11 is 1.74. The van der Waals surface area contributed by atoms with Gasteiger partial charge in [-0.1, -0.05) is 6.92 Å². The third-order valence-electron chi connectivity index (χ3n) is 5.04. The molecule has 0 aliphatic carbocycles. The predicted octanol–water partition coefficient (Wildman–Crippen LogP) is 3.00. The minimum atomic E-state index is 0.214. The molecule has 2 aromatic heterocycles. The van der Waals surface area contributed by atoms with Gasteiger partial charge < -0.3 is 4.90 Å². The van der Waals surface area contributed by atoms with E-state index in [1.54, 1.807) is 11.3 Å². The Kier molecular flexibility index (Phi) is 5.04. The quantitative estimate of drug-likeness (QED) is 0.855. The number of aromatic nitrogens is 3. The molecule has 1 atom stereocenters. The van der Waals surface area contributed by atoms with Crippen LogP contribution in [-0.4, -0.2) is 38.7 Å². The summed E-state index contributed by atoms with van der Waals surface area (Å²) in [5.74, 6) is 0.607. The second-order valence-corrected chi connectivity index (χ2v) is 7.55. The number of aryl methyl sites for hydroxylation is 3. The lowest BCUT2D eigenvalue weighted by molar-refractivity contribution is -0.131. The number of hydrogen-bond donors (Lipinski definition) is 0. The van der Waals surface area contributed by atoms with Crippen molar-refractivity contribution in [2.45, 2.75) is 52.4 Å². The maximum absolute atomic E-state index is 12.8. The van der Waals surface area contributed by atoms with Crippen molar-refractivity contribution in [2.75, 3.05) is 13.1 Å². The Hall–Kier alpha value is -1.69. The van der Waals surface area contributed by atoms with E-state index in [0.717, 1.165) is 49.3 Å². The first-order chi connectivity index (χ1) is 11.5. The summed E-state index contributed by atoms with van der Waals surface area (Å²) in [7, 11) is 1.93.